The van der Waals surface area contributed by atoms with Crippen LogP contribution in [-0.2, 0) is 11.2 Å². The molecule has 0 spiro atoms. The first-order valence-electron chi connectivity index (χ1n) is 8.36. The predicted molar refractivity (Wildman–Crippen MR) is 94.1 cm³/mol. The number of hydrogen-bond acceptors (Lipinski definition) is 6. The molecular formula is C19H17N3O4. The number of nitrogens with one attached hydrogen (secondary N) is 1. The Labute approximate surface area is 150 Å². The summed E-state index contributed by atoms with van der Waals surface area (Å²) in [5.41, 5.74) is 2.06. The summed E-state index contributed by atoms with van der Waals surface area (Å²) < 4.78 is 10.6. The average Bonchev–Trinajstić information content (AvgIpc) is 3.07. The third-order valence-corrected chi connectivity index (χ3v) is 4.30. The molecule has 2 aliphatic rings. The fraction of sp³-hybridized carbons (Fsp3) is 0.263. The fourth-order valence-electron chi connectivity index (χ4n) is 3.04. The van der Waals surface area contributed by atoms with E-state index in [1.807, 2.05) is 13.0 Å². The van der Waals surface area contributed by atoms with Crippen LogP contribution in [0.2, 0.25) is 0 Å². The van der Waals surface area contributed by atoms with Gasteiger partial charge in [0.15, 0.2) is 17.3 Å². The van der Waals surface area contributed by atoms with Crippen LogP contribution < -0.4 is 14.8 Å². The normalized spacial score (nSPS) is 18.0. The van der Waals surface area contributed by atoms with Gasteiger partial charge in [0.05, 0.1) is 11.3 Å². The Bertz CT molecular complexity index is 923. The van der Waals surface area contributed by atoms with Crippen LogP contribution in [0.15, 0.2) is 30.5 Å². The van der Waals surface area contributed by atoms with E-state index < -0.39 is 0 Å². The molecule has 0 saturated heterocycles. The Morgan fingerprint density at radius 1 is 1.27 bits per heavy atom. The quantitative estimate of drug-likeness (QED) is 0.855. The Hall–Kier alpha value is -3.22. The van der Waals surface area contributed by atoms with Crippen LogP contribution >= 0.6 is 0 Å². The van der Waals surface area contributed by atoms with Gasteiger partial charge in [-0.3, -0.25) is 14.9 Å². The highest BCUT2D eigenvalue weighted by molar-refractivity contribution is 6.01. The molecule has 0 fully saturated rings. The number of aromatic nitrogens is 2. The number of nitrogens with zero attached hydrogens (tertiary/aromatic N) is 2. The summed E-state index contributed by atoms with van der Waals surface area (Å²) >= 11 is 0. The van der Waals surface area contributed by atoms with Crippen LogP contribution in [0.3, 0.4) is 0 Å². The van der Waals surface area contributed by atoms with Gasteiger partial charge in [0.25, 0.3) is 5.91 Å². The van der Waals surface area contributed by atoms with Gasteiger partial charge in [0.1, 0.15) is 0 Å². The number of ketones is 1. The molecule has 2 heterocycles. The Balaban J connectivity index is 1.45. The van der Waals surface area contributed by atoms with Gasteiger partial charge in [-0.15, -0.1) is 0 Å². The molecule has 1 aromatic heterocycles. The zero-order valence-corrected chi connectivity index (χ0v) is 14.2. The zero-order chi connectivity index (χ0) is 18.1. The van der Waals surface area contributed by atoms with Crippen molar-refractivity contribution in [3.05, 3.63) is 47.3 Å². The Kier molecular flexibility index (Phi) is 4.12. The van der Waals surface area contributed by atoms with Crippen molar-refractivity contribution in [3.8, 4) is 11.5 Å². The standard InChI is InChI=1S/C19H17N3O4/c1-11-6-14-13(15(23)7-11)9-20-19(21-14)22-18(24)5-3-12-2-4-16-17(8-12)26-10-25-16/h2-5,8-9,11H,6-7,10H2,1H3,(H,20,21,22,24)/b5-3+/t11-/m0/s1. The minimum absolute atomic E-state index is 0.0549. The van der Waals surface area contributed by atoms with Crippen molar-refractivity contribution < 1.29 is 19.1 Å². The van der Waals surface area contributed by atoms with Crippen molar-refractivity contribution in [2.24, 2.45) is 5.92 Å². The molecule has 2 aromatic rings. The van der Waals surface area contributed by atoms with Crippen LogP contribution in [0.4, 0.5) is 5.95 Å². The molecule has 1 atom stereocenters. The van der Waals surface area contributed by atoms with Crippen LogP contribution in [0.5, 0.6) is 11.5 Å². The number of hydrogen-bond donors (Lipinski definition) is 1. The van der Waals surface area contributed by atoms with Gasteiger partial charge in [-0.2, -0.15) is 0 Å². The summed E-state index contributed by atoms with van der Waals surface area (Å²) in [5.74, 6) is 1.50. The van der Waals surface area contributed by atoms with Crippen molar-refractivity contribution in [1.82, 2.24) is 9.97 Å². The average molecular weight is 351 g/mol. The molecule has 0 radical (unpaired) electrons. The number of fused-ring (bicyclic) bond motifs is 2. The van der Waals surface area contributed by atoms with E-state index in [0.29, 0.717) is 35.6 Å². The summed E-state index contributed by atoms with van der Waals surface area (Å²) in [4.78, 5) is 32.5. The van der Waals surface area contributed by atoms with Crippen LogP contribution in [0.1, 0.15) is 35.0 Å². The fourth-order valence-corrected chi connectivity index (χ4v) is 3.04. The zero-order valence-electron chi connectivity index (χ0n) is 14.2. The molecular weight excluding hydrogens is 334 g/mol. The maximum atomic E-state index is 12.1. The largest absolute Gasteiger partial charge is 0.454 e. The minimum Gasteiger partial charge on any atom is -0.454 e. The highest BCUT2D eigenvalue weighted by Crippen LogP contribution is 2.32. The Morgan fingerprint density at radius 3 is 3.00 bits per heavy atom. The van der Waals surface area contributed by atoms with E-state index in [2.05, 4.69) is 15.3 Å². The highest BCUT2D eigenvalue weighted by Gasteiger charge is 2.24. The summed E-state index contributed by atoms with van der Waals surface area (Å²) in [6.07, 6.45) is 5.78. The number of amides is 1. The maximum Gasteiger partial charge on any atom is 0.250 e. The predicted octanol–water partition coefficient (Wildman–Crippen LogP) is 2.62. The van der Waals surface area contributed by atoms with E-state index in [-0.39, 0.29) is 30.3 Å². The first kappa shape index (κ1) is 16.3. The van der Waals surface area contributed by atoms with E-state index in [9.17, 15) is 9.59 Å². The van der Waals surface area contributed by atoms with E-state index in [0.717, 1.165) is 5.56 Å². The topological polar surface area (TPSA) is 90.4 Å². The number of ether oxygens (including phenoxy) is 2. The lowest BCUT2D eigenvalue weighted by Crippen LogP contribution is -2.21. The first-order chi connectivity index (χ1) is 12.6. The number of Topliss-reactive ketones (excluding diaryl/α,β-unsaturated/α-hetero) is 1. The highest BCUT2D eigenvalue weighted by atomic mass is 16.7. The molecule has 7 nitrogen and oxygen atoms in total. The van der Waals surface area contributed by atoms with Crippen molar-refractivity contribution in [2.45, 2.75) is 19.8 Å². The molecule has 26 heavy (non-hydrogen) atoms. The molecule has 0 unspecified atom stereocenters. The van der Waals surface area contributed by atoms with Crippen molar-refractivity contribution in [2.75, 3.05) is 12.1 Å². The van der Waals surface area contributed by atoms with Crippen LogP contribution in [0, 0.1) is 5.92 Å². The second-order valence-corrected chi connectivity index (χ2v) is 6.43. The summed E-state index contributed by atoms with van der Waals surface area (Å²) in [7, 11) is 0. The van der Waals surface area contributed by atoms with Gasteiger partial charge in [-0.1, -0.05) is 13.0 Å². The van der Waals surface area contributed by atoms with Gasteiger partial charge in [-0.25, -0.2) is 9.97 Å². The molecule has 1 amide bonds. The molecule has 4 rings (SSSR count). The summed E-state index contributed by atoms with van der Waals surface area (Å²) in [6.45, 7) is 2.22. The number of carbonyl (C=O) groups is 2. The van der Waals surface area contributed by atoms with Gasteiger partial charge in [-0.05, 0) is 36.1 Å². The molecule has 0 bridgehead atoms. The van der Waals surface area contributed by atoms with Crippen molar-refractivity contribution in [1.29, 1.82) is 0 Å². The molecule has 1 aliphatic heterocycles. The monoisotopic (exact) mass is 351 g/mol. The van der Waals surface area contributed by atoms with Crippen LogP contribution in [0.25, 0.3) is 6.08 Å². The SMILES string of the molecule is C[C@@H]1CC(=O)c2cnc(NC(=O)/C=C/c3ccc4c(c3)OCO4)nc2C1. The van der Waals surface area contributed by atoms with Gasteiger partial charge >= 0.3 is 0 Å². The third kappa shape index (κ3) is 3.28. The smallest absolute Gasteiger partial charge is 0.250 e. The van der Waals surface area contributed by atoms with Crippen LogP contribution in [-0.4, -0.2) is 28.5 Å². The number of anilines is 1. The molecule has 7 heteroatoms. The lowest BCUT2D eigenvalue weighted by atomic mass is 9.88. The summed E-state index contributed by atoms with van der Waals surface area (Å²) in [5, 5.41) is 2.63. The maximum absolute atomic E-state index is 12.1. The van der Waals surface area contributed by atoms with E-state index in [1.54, 1.807) is 18.2 Å². The Morgan fingerprint density at radius 2 is 2.12 bits per heavy atom. The van der Waals surface area contributed by atoms with E-state index in [1.165, 1.54) is 12.3 Å². The molecule has 132 valence electrons. The first-order valence-corrected chi connectivity index (χ1v) is 8.36. The molecule has 1 aliphatic carbocycles. The van der Waals surface area contributed by atoms with E-state index in [4.69, 9.17) is 9.47 Å². The number of rotatable bonds is 3. The lowest BCUT2D eigenvalue weighted by molar-refractivity contribution is -0.111. The van der Waals surface area contributed by atoms with Crippen molar-refractivity contribution >= 4 is 23.7 Å². The van der Waals surface area contributed by atoms with E-state index >= 15 is 0 Å². The summed E-state index contributed by atoms with van der Waals surface area (Å²) in [6, 6.07) is 5.43. The molecule has 1 N–H and O–H groups in total. The molecule has 1 aromatic carbocycles. The number of carbonyl (C=O) groups excluding carboxylic acids is 2. The third-order valence-electron chi connectivity index (χ3n) is 4.30. The minimum atomic E-state index is -0.349. The van der Waals surface area contributed by atoms with Crippen molar-refractivity contribution in [3.63, 3.8) is 0 Å². The second kappa shape index (κ2) is 6.59. The van der Waals surface area contributed by atoms with Gasteiger partial charge in [0.2, 0.25) is 12.7 Å². The van der Waals surface area contributed by atoms with Gasteiger partial charge < -0.3 is 9.47 Å². The lowest BCUT2D eigenvalue weighted by Gasteiger charge is -2.19. The second-order valence-electron chi connectivity index (χ2n) is 6.43. The molecule has 0 saturated carbocycles. The number of benzene rings is 1. The van der Waals surface area contributed by atoms with Gasteiger partial charge in [0, 0.05) is 18.7 Å².